The van der Waals surface area contributed by atoms with Crippen molar-refractivity contribution in [3.05, 3.63) is 30.5 Å². The first kappa shape index (κ1) is 21.2. The summed E-state index contributed by atoms with van der Waals surface area (Å²) < 4.78 is 9.20. The summed E-state index contributed by atoms with van der Waals surface area (Å²) in [6, 6.07) is 8.30. The number of nitrogens with zero attached hydrogens (tertiary/aromatic N) is 6. The van der Waals surface area contributed by atoms with Crippen LogP contribution in [0.3, 0.4) is 0 Å². The van der Waals surface area contributed by atoms with E-state index in [1.165, 1.54) is 0 Å². The highest BCUT2D eigenvalue weighted by molar-refractivity contribution is 5.89. The molecule has 1 aliphatic rings. The summed E-state index contributed by atoms with van der Waals surface area (Å²) in [5.41, 5.74) is 4.69. The molecule has 3 aromatic heterocycles. The molecule has 4 aromatic rings. The first-order valence-corrected chi connectivity index (χ1v) is 11.2. The Morgan fingerprint density at radius 1 is 1.30 bits per heavy atom. The van der Waals surface area contributed by atoms with E-state index in [0.29, 0.717) is 24.8 Å². The summed E-state index contributed by atoms with van der Waals surface area (Å²) in [6.07, 6.45) is 4.31. The predicted octanol–water partition coefficient (Wildman–Crippen LogP) is 2.79. The Bertz CT molecular complexity index is 1340. The molecule has 0 unspecified atom stereocenters. The molecule has 1 amide bonds. The highest BCUT2D eigenvalue weighted by Gasteiger charge is 2.40. The maximum atomic E-state index is 11.6. The average molecular weight is 449 g/mol. The van der Waals surface area contributed by atoms with Crippen LogP contribution in [0.1, 0.15) is 33.1 Å². The van der Waals surface area contributed by atoms with Crippen molar-refractivity contribution >= 4 is 28.4 Å². The highest BCUT2D eigenvalue weighted by atomic mass is 16.5. The number of benzene rings is 1. The number of carbonyl (C=O) groups excluding carboxylic acids is 1. The average Bonchev–Trinajstić information content (AvgIpc) is 3.39. The fourth-order valence-electron chi connectivity index (χ4n) is 4.62. The van der Waals surface area contributed by atoms with E-state index < -0.39 is 0 Å². The first-order chi connectivity index (χ1) is 15.9. The van der Waals surface area contributed by atoms with Crippen molar-refractivity contribution < 1.29 is 9.53 Å². The van der Waals surface area contributed by atoms with Gasteiger partial charge in [0.15, 0.2) is 0 Å². The summed E-state index contributed by atoms with van der Waals surface area (Å²) in [6.45, 7) is 4.75. The molecule has 10 nitrogen and oxygen atoms in total. The number of aryl methyl sites for hydroxylation is 1. The summed E-state index contributed by atoms with van der Waals surface area (Å²) in [7, 11) is 3.50. The fraction of sp³-hybridized carbons (Fsp3) is 0.435. The molecule has 172 valence electrons. The molecule has 2 N–H and O–H groups in total. The number of carbonyl (C=O) groups is 1. The minimum atomic E-state index is 0.0911. The molecule has 1 aromatic carbocycles. The zero-order valence-electron chi connectivity index (χ0n) is 19.3. The van der Waals surface area contributed by atoms with E-state index in [0.717, 1.165) is 40.5 Å². The Hall–Kier alpha value is -3.69. The number of anilines is 1. The molecule has 0 atom stereocenters. The minimum Gasteiger partial charge on any atom is -0.479 e. The lowest BCUT2D eigenvalue weighted by Gasteiger charge is -2.45. The van der Waals surface area contributed by atoms with E-state index in [9.17, 15) is 4.79 Å². The van der Waals surface area contributed by atoms with E-state index in [-0.39, 0.29) is 17.4 Å². The zero-order chi connectivity index (χ0) is 23.2. The summed E-state index contributed by atoms with van der Waals surface area (Å²) in [5.74, 6) is 1.12. The van der Waals surface area contributed by atoms with Crippen LogP contribution in [0, 0.1) is 5.41 Å². The summed E-state index contributed by atoms with van der Waals surface area (Å²) >= 11 is 0. The third kappa shape index (κ3) is 3.85. The second-order valence-corrected chi connectivity index (χ2v) is 9.07. The number of amides is 1. The maximum Gasteiger partial charge on any atom is 0.244 e. The minimum absolute atomic E-state index is 0.0911. The molecule has 1 fully saturated rings. The largest absolute Gasteiger partial charge is 0.479 e. The highest BCUT2D eigenvalue weighted by Crippen LogP contribution is 2.41. The number of fused-ring (bicyclic) bond motifs is 2. The summed E-state index contributed by atoms with van der Waals surface area (Å²) in [5, 5.41) is 19.3. The number of methoxy groups -OCH3 is 1. The van der Waals surface area contributed by atoms with Gasteiger partial charge in [-0.1, -0.05) is 25.1 Å². The number of hydrogen-bond acceptors (Lipinski definition) is 7. The van der Waals surface area contributed by atoms with Gasteiger partial charge in [0.25, 0.3) is 0 Å². The fourth-order valence-corrected chi connectivity index (χ4v) is 4.62. The van der Waals surface area contributed by atoms with Gasteiger partial charge in [-0.2, -0.15) is 4.98 Å². The lowest BCUT2D eigenvalue weighted by Crippen LogP contribution is -2.49. The van der Waals surface area contributed by atoms with Crippen molar-refractivity contribution in [2.75, 3.05) is 19.0 Å². The van der Waals surface area contributed by atoms with Crippen molar-refractivity contribution in [1.82, 2.24) is 34.9 Å². The van der Waals surface area contributed by atoms with Gasteiger partial charge < -0.3 is 15.4 Å². The molecule has 3 heterocycles. The van der Waals surface area contributed by atoms with Gasteiger partial charge in [0.2, 0.25) is 17.7 Å². The van der Waals surface area contributed by atoms with Gasteiger partial charge in [-0.25, -0.2) is 9.20 Å². The number of hydrogen-bond donors (Lipinski definition) is 2. The smallest absolute Gasteiger partial charge is 0.244 e. The molecule has 1 saturated carbocycles. The molecule has 0 aliphatic heterocycles. The maximum absolute atomic E-state index is 11.6. The Morgan fingerprint density at radius 3 is 2.88 bits per heavy atom. The van der Waals surface area contributed by atoms with Gasteiger partial charge in [0.1, 0.15) is 11.0 Å². The van der Waals surface area contributed by atoms with Crippen molar-refractivity contribution in [3.8, 4) is 17.0 Å². The predicted molar refractivity (Wildman–Crippen MR) is 125 cm³/mol. The van der Waals surface area contributed by atoms with E-state index in [1.807, 2.05) is 38.4 Å². The number of rotatable bonds is 7. The Morgan fingerprint density at radius 2 is 2.12 bits per heavy atom. The number of ether oxygens (including phenoxy) is 1. The lowest BCUT2D eigenvalue weighted by atomic mass is 9.67. The molecule has 33 heavy (non-hydrogen) atoms. The van der Waals surface area contributed by atoms with Crippen LogP contribution >= 0.6 is 0 Å². The van der Waals surface area contributed by atoms with Crippen molar-refractivity contribution in [2.24, 2.45) is 12.5 Å². The van der Waals surface area contributed by atoms with Crippen LogP contribution in [-0.2, 0) is 11.8 Å². The van der Waals surface area contributed by atoms with Crippen LogP contribution in [-0.4, -0.2) is 55.2 Å². The Kier molecular flexibility index (Phi) is 5.15. The van der Waals surface area contributed by atoms with Crippen LogP contribution in [0.25, 0.3) is 27.7 Å². The van der Waals surface area contributed by atoms with Crippen molar-refractivity contribution in [3.63, 3.8) is 0 Å². The Labute approximate surface area is 191 Å². The van der Waals surface area contributed by atoms with Gasteiger partial charge in [-0.05, 0) is 42.0 Å². The molecule has 1 aliphatic carbocycles. The third-order valence-corrected chi connectivity index (χ3v) is 6.44. The topological polar surface area (TPSA) is 111 Å². The summed E-state index contributed by atoms with van der Waals surface area (Å²) in [4.78, 5) is 16.2. The van der Waals surface area contributed by atoms with Crippen LogP contribution in [0.15, 0.2) is 30.5 Å². The van der Waals surface area contributed by atoms with Crippen molar-refractivity contribution in [2.45, 2.75) is 39.2 Å². The Balaban J connectivity index is 1.37. The van der Waals surface area contributed by atoms with Gasteiger partial charge in [-0.15, -0.1) is 10.2 Å². The van der Waals surface area contributed by atoms with Crippen LogP contribution in [0.2, 0.25) is 0 Å². The quantitative estimate of drug-likeness (QED) is 0.447. The molecular formula is C23H28N8O2. The van der Waals surface area contributed by atoms with E-state index in [1.54, 1.807) is 16.3 Å². The second kappa shape index (κ2) is 8.02. The SMILES string of the molecule is CCC(=O)NCC1(C)CC(Nc2nc(OC)c3c(-c4ccc5nnn(C)c5c4)ccn3n2)C1. The molecule has 5 rings (SSSR count). The van der Waals surface area contributed by atoms with Gasteiger partial charge in [0, 0.05) is 37.8 Å². The zero-order valence-corrected chi connectivity index (χ0v) is 19.3. The van der Waals surface area contributed by atoms with Gasteiger partial charge in [-0.3, -0.25) is 4.79 Å². The third-order valence-electron chi connectivity index (χ3n) is 6.44. The van der Waals surface area contributed by atoms with E-state index in [2.05, 4.69) is 44.0 Å². The van der Waals surface area contributed by atoms with Crippen LogP contribution in [0.5, 0.6) is 5.88 Å². The monoisotopic (exact) mass is 448 g/mol. The molecule has 0 saturated heterocycles. The van der Waals surface area contributed by atoms with Gasteiger partial charge >= 0.3 is 0 Å². The molecule has 10 heteroatoms. The normalized spacial score (nSPS) is 20.1. The standard InChI is InChI=1S/C23H28N8O2/c1-5-19(32)24-13-23(2)11-15(12-23)25-22-26-21(33-4)20-16(8-9-31(20)28-22)14-6-7-17-18(10-14)30(3)29-27-17/h6-10,15H,5,11-13H2,1-4H3,(H,24,32)(H,25,28). The molecule has 0 radical (unpaired) electrons. The van der Waals surface area contributed by atoms with Crippen LogP contribution in [0.4, 0.5) is 5.95 Å². The van der Waals surface area contributed by atoms with Crippen LogP contribution < -0.4 is 15.4 Å². The number of aromatic nitrogens is 6. The molecular weight excluding hydrogens is 420 g/mol. The lowest BCUT2D eigenvalue weighted by molar-refractivity contribution is -0.121. The van der Waals surface area contributed by atoms with E-state index in [4.69, 9.17) is 4.74 Å². The van der Waals surface area contributed by atoms with Gasteiger partial charge in [0.05, 0.1) is 12.6 Å². The number of nitrogens with one attached hydrogen (secondary N) is 2. The first-order valence-electron chi connectivity index (χ1n) is 11.2. The molecule has 0 bridgehead atoms. The van der Waals surface area contributed by atoms with E-state index >= 15 is 0 Å². The molecule has 0 spiro atoms. The second-order valence-electron chi connectivity index (χ2n) is 9.07. The van der Waals surface area contributed by atoms with Crippen molar-refractivity contribution in [1.29, 1.82) is 0 Å².